The lowest BCUT2D eigenvalue weighted by Crippen LogP contribution is -2.53. The molecule has 2 N–H and O–H groups in total. The van der Waals surface area contributed by atoms with E-state index in [1.54, 1.807) is 0 Å². The van der Waals surface area contributed by atoms with Crippen LogP contribution < -0.4 is 5.73 Å². The van der Waals surface area contributed by atoms with Crippen molar-refractivity contribution in [1.29, 1.82) is 0 Å². The minimum absolute atomic E-state index is 0.378. The van der Waals surface area contributed by atoms with Crippen LogP contribution in [0.15, 0.2) is 0 Å². The van der Waals surface area contributed by atoms with Crippen LogP contribution in [-0.2, 0) is 0 Å². The first-order chi connectivity index (χ1) is 9.89. The molecule has 1 fully saturated rings. The maximum atomic E-state index is 6.52. The molecular formula is C19H40N2. The molecule has 0 aliphatic heterocycles. The van der Waals surface area contributed by atoms with Crippen LogP contribution in [0.2, 0.25) is 0 Å². The molecule has 0 aromatic heterocycles. The highest BCUT2D eigenvalue weighted by molar-refractivity contribution is 4.93. The molecule has 2 nitrogen and oxygen atoms in total. The summed E-state index contributed by atoms with van der Waals surface area (Å²) in [7, 11) is 0. The third-order valence-corrected chi connectivity index (χ3v) is 6.41. The highest BCUT2D eigenvalue weighted by atomic mass is 15.2. The summed E-state index contributed by atoms with van der Waals surface area (Å²) in [6.07, 6.45) is 7.69. The molecule has 0 saturated heterocycles. The topological polar surface area (TPSA) is 29.3 Å². The lowest BCUT2D eigenvalue weighted by molar-refractivity contribution is 0.0535. The average molecular weight is 297 g/mol. The van der Waals surface area contributed by atoms with E-state index in [9.17, 15) is 0 Å². The normalized spacial score (nSPS) is 27.6. The van der Waals surface area contributed by atoms with Crippen LogP contribution in [0.1, 0.15) is 80.1 Å². The van der Waals surface area contributed by atoms with Gasteiger partial charge >= 0.3 is 0 Å². The van der Waals surface area contributed by atoms with Gasteiger partial charge in [0.1, 0.15) is 0 Å². The number of hydrogen-bond acceptors (Lipinski definition) is 2. The van der Waals surface area contributed by atoms with Crippen LogP contribution in [0.25, 0.3) is 0 Å². The smallest absolute Gasteiger partial charge is 0.0250 e. The first-order valence-corrected chi connectivity index (χ1v) is 9.39. The first-order valence-electron chi connectivity index (χ1n) is 9.39. The Balaban J connectivity index is 2.76. The van der Waals surface area contributed by atoms with E-state index in [-0.39, 0.29) is 0 Å². The molecule has 0 radical (unpaired) electrons. The molecule has 21 heavy (non-hydrogen) atoms. The predicted molar refractivity (Wildman–Crippen MR) is 94.5 cm³/mol. The van der Waals surface area contributed by atoms with Crippen LogP contribution in [0, 0.1) is 17.3 Å². The summed E-state index contributed by atoms with van der Waals surface area (Å²) in [4.78, 5) is 2.69. The first kappa shape index (κ1) is 19.0. The van der Waals surface area contributed by atoms with Crippen LogP contribution in [0.5, 0.6) is 0 Å². The number of likely N-dealkylation sites (N-methyl/N-ethyl adjacent to an activating group) is 1. The van der Waals surface area contributed by atoms with Crippen molar-refractivity contribution < 1.29 is 0 Å². The van der Waals surface area contributed by atoms with Gasteiger partial charge in [-0.25, -0.2) is 0 Å². The van der Waals surface area contributed by atoms with Crippen molar-refractivity contribution in [3.8, 4) is 0 Å². The Morgan fingerprint density at radius 2 is 1.71 bits per heavy atom. The van der Waals surface area contributed by atoms with Gasteiger partial charge in [0, 0.05) is 18.6 Å². The van der Waals surface area contributed by atoms with Gasteiger partial charge in [0.15, 0.2) is 0 Å². The van der Waals surface area contributed by atoms with Gasteiger partial charge in [0.25, 0.3) is 0 Å². The number of hydrogen-bond donors (Lipinski definition) is 1. The van der Waals surface area contributed by atoms with E-state index in [0.717, 1.165) is 18.4 Å². The highest BCUT2D eigenvalue weighted by Gasteiger charge is 2.38. The largest absolute Gasteiger partial charge is 0.326 e. The van der Waals surface area contributed by atoms with Crippen molar-refractivity contribution in [1.82, 2.24) is 4.90 Å². The van der Waals surface area contributed by atoms with Crippen LogP contribution in [0.3, 0.4) is 0 Å². The molecular weight excluding hydrogens is 256 g/mol. The van der Waals surface area contributed by atoms with Gasteiger partial charge in [0.2, 0.25) is 0 Å². The molecule has 0 bridgehead atoms. The highest BCUT2D eigenvalue weighted by Crippen LogP contribution is 2.41. The van der Waals surface area contributed by atoms with Gasteiger partial charge in [-0.2, -0.15) is 0 Å². The van der Waals surface area contributed by atoms with Crippen LogP contribution in [-0.4, -0.2) is 30.1 Å². The zero-order valence-corrected chi connectivity index (χ0v) is 15.5. The Morgan fingerprint density at radius 3 is 2.19 bits per heavy atom. The van der Waals surface area contributed by atoms with E-state index in [1.165, 1.54) is 45.1 Å². The second-order valence-corrected chi connectivity index (χ2v) is 7.85. The van der Waals surface area contributed by atoms with E-state index in [0.29, 0.717) is 17.5 Å². The molecule has 0 aromatic carbocycles. The lowest BCUT2D eigenvalue weighted by atomic mass is 9.67. The van der Waals surface area contributed by atoms with Crippen molar-refractivity contribution in [2.45, 2.75) is 92.2 Å². The maximum Gasteiger partial charge on any atom is 0.0250 e. The zero-order chi connectivity index (χ0) is 16.0. The lowest BCUT2D eigenvalue weighted by Gasteiger charge is -2.46. The third kappa shape index (κ3) is 4.96. The molecule has 3 unspecified atom stereocenters. The number of nitrogens with zero attached hydrogens (tertiary/aromatic N) is 1. The van der Waals surface area contributed by atoms with Crippen molar-refractivity contribution in [2.24, 2.45) is 23.0 Å². The quantitative estimate of drug-likeness (QED) is 0.705. The van der Waals surface area contributed by atoms with Gasteiger partial charge in [0.05, 0.1) is 0 Å². The van der Waals surface area contributed by atoms with E-state index >= 15 is 0 Å². The molecule has 1 aliphatic carbocycles. The van der Waals surface area contributed by atoms with Gasteiger partial charge in [-0.3, -0.25) is 4.90 Å². The molecule has 3 atom stereocenters. The Kier molecular flexibility index (Phi) is 7.70. The maximum absolute atomic E-state index is 6.52. The Hall–Kier alpha value is -0.0800. The second kappa shape index (κ2) is 8.53. The fourth-order valence-corrected chi connectivity index (χ4v) is 3.97. The standard InChI is InChI=1S/C19H40N2/c1-7-15(8-2)14-21(10-4)18-13-16(11-12-17(18)20)19(5,6)9-3/h15-18H,7-14,20H2,1-6H3. The minimum atomic E-state index is 0.378. The number of rotatable bonds is 8. The van der Waals surface area contributed by atoms with Gasteiger partial charge in [-0.15, -0.1) is 0 Å². The van der Waals surface area contributed by atoms with E-state index in [1.807, 2.05) is 0 Å². The summed E-state index contributed by atoms with van der Waals surface area (Å²) in [5, 5.41) is 0. The molecule has 0 heterocycles. The summed E-state index contributed by atoms with van der Waals surface area (Å²) in [6, 6.07) is 0.975. The summed E-state index contributed by atoms with van der Waals surface area (Å²) < 4.78 is 0. The molecule has 1 rings (SSSR count). The van der Waals surface area contributed by atoms with E-state index < -0.39 is 0 Å². The van der Waals surface area contributed by atoms with Gasteiger partial charge in [-0.1, -0.05) is 60.8 Å². The molecule has 0 amide bonds. The molecule has 1 aliphatic rings. The van der Waals surface area contributed by atoms with Crippen molar-refractivity contribution in [3.63, 3.8) is 0 Å². The monoisotopic (exact) mass is 296 g/mol. The third-order valence-electron chi connectivity index (χ3n) is 6.41. The molecule has 0 spiro atoms. The molecule has 2 heteroatoms. The molecule has 1 saturated carbocycles. The average Bonchev–Trinajstić information content (AvgIpc) is 2.49. The number of nitrogens with two attached hydrogens (primary N) is 1. The Bertz CT molecular complexity index is 283. The summed E-state index contributed by atoms with van der Waals surface area (Å²) in [5.41, 5.74) is 6.98. The van der Waals surface area contributed by atoms with E-state index in [4.69, 9.17) is 5.73 Å². The van der Waals surface area contributed by atoms with E-state index in [2.05, 4.69) is 46.4 Å². The van der Waals surface area contributed by atoms with Gasteiger partial charge in [-0.05, 0) is 43.1 Å². The summed E-state index contributed by atoms with van der Waals surface area (Å²) >= 11 is 0. The summed E-state index contributed by atoms with van der Waals surface area (Å²) in [5.74, 6) is 1.67. The Labute approximate surface area is 133 Å². The van der Waals surface area contributed by atoms with Crippen molar-refractivity contribution in [2.75, 3.05) is 13.1 Å². The fraction of sp³-hybridized carbons (Fsp3) is 1.00. The zero-order valence-electron chi connectivity index (χ0n) is 15.5. The second-order valence-electron chi connectivity index (χ2n) is 7.85. The fourth-order valence-electron chi connectivity index (χ4n) is 3.97. The summed E-state index contributed by atoms with van der Waals surface area (Å²) in [6.45, 7) is 16.6. The minimum Gasteiger partial charge on any atom is -0.326 e. The molecule has 0 aromatic rings. The Morgan fingerprint density at radius 1 is 1.10 bits per heavy atom. The SMILES string of the molecule is CCC(CC)CN(CC)C1CC(C(C)(C)CC)CCC1N. The van der Waals surface area contributed by atoms with Crippen molar-refractivity contribution in [3.05, 3.63) is 0 Å². The molecule has 126 valence electrons. The van der Waals surface area contributed by atoms with Crippen LogP contribution in [0.4, 0.5) is 0 Å². The van der Waals surface area contributed by atoms with Crippen molar-refractivity contribution >= 4 is 0 Å². The van der Waals surface area contributed by atoms with Gasteiger partial charge < -0.3 is 5.73 Å². The predicted octanol–water partition coefficient (Wildman–Crippen LogP) is 4.68. The van der Waals surface area contributed by atoms with Crippen LogP contribution >= 0.6 is 0 Å².